The SMILES string of the molecule is Cc1cc(C)cc(C#CC(=O)NCC(c2ccccc2)c2ccccc2)c1. The minimum absolute atomic E-state index is 0.0966. The van der Waals surface area contributed by atoms with E-state index in [0.29, 0.717) is 6.54 Å². The molecule has 1 amide bonds. The average Bonchev–Trinajstić information content (AvgIpc) is 2.67. The average molecular weight is 353 g/mol. The van der Waals surface area contributed by atoms with Crippen molar-refractivity contribution < 1.29 is 4.79 Å². The third kappa shape index (κ3) is 5.33. The highest BCUT2D eigenvalue weighted by Crippen LogP contribution is 2.23. The maximum absolute atomic E-state index is 12.3. The smallest absolute Gasteiger partial charge is 0.296 e. The molecular formula is C25H23NO. The van der Waals surface area contributed by atoms with E-state index in [-0.39, 0.29) is 11.8 Å². The van der Waals surface area contributed by atoms with Gasteiger partial charge in [0.25, 0.3) is 5.91 Å². The van der Waals surface area contributed by atoms with Crippen molar-refractivity contribution in [3.8, 4) is 11.8 Å². The molecule has 2 heteroatoms. The van der Waals surface area contributed by atoms with Crippen LogP contribution in [-0.2, 0) is 4.79 Å². The lowest BCUT2D eigenvalue weighted by molar-refractivity contribution is -0.115. The Kier molecular flexibility index (Phi) is 6.07. The molecule has 2 nitrogen and oxygen atoms in total. The van der Waals surface area contributed by atoms with Crippen LogP contribution in [0.5, 0.6) is 0 Å². The van der Waals surface area contributed by atoms with Crippen LogP contribution >= 0.6 is 0 Å². The molecule has 3 rings (SSSR count). The predicted octanol–water partition coefficient (Wildman–Crippen LogP) is 4.60. The Morgan fingerprint density at radius 1 is 0.852 bits per heavy atom. The minimum atomic E-state index is -0.258. The molecule has 0 heterocycles. The van der Waals surface area contributed by atoms with Gasteiger partial charge in [-0.05, 0) is 48.2 Å². The third-order valence-electron chi connectivity index (χ3n) is 4.41. The predicted molar refractivity (Wildman–Crippen MR) is 111 cm³/mol. The monoisotopic (exact) mass is 353 g/mol. The summed E-state index contributed by atoms with van der Waals surface area (Å²) in [7, 11) is 0. The number of hydrogen-bond acceptors (Lipinski definition) is 1. The van der Waals surface area contributed by atoms with E-state index in [9.17, 15) is 4.79 Å². The van der Waals surface area contributed by atoms with Crippen molar-refractivity contribution in [2.45, 2.75) is 19.8 Å². The number of aryl methyl sites for hydroxylation is 2. The van der Waals surface area contributed by atoms with Crippen molar-refractivity contribution in [2.75, 3.05) is 6.54 Å². The molecular weight excluding hydrogens is 330 g/mol. The van der Waals surface area contributed by atoms with Gasteiger partial charge in [0, 0.05) is 23.9 Å². The third-order valence-corrected chi connectivity index (χ3v) is 4.41. The fourth-order valence-electron chi connectivity index (χ4n) is 3.21. The largest absolute Gasteiger partial charge is 0.344 e. The topological polar surface area (TPSA) is 29.1 Å². The lowest BCUT2D eigenvalue weighted by atomic mass is 9.91. The van der Waals surface area contributed by atoms with E-state index in [2.05, 4.69) is 47.5 Å². The van der Waals surface area contributed by atoms with Crippen LogP contribution in [0, 0.1) is 25.7 Å². The molecule has 3 aromatic carbocycles. The van der Waals surface area contributed by atoms with Gasteiger partial charge in [0.2, 0.25) is 0 Å². The van der Waals surface area contributed by atoms with E-state index in [4.69, 9.17) is 0 Å². The molecule has 134 valence electrons. The molecule has 0 aliphatic carbocycles. The Bertz CT molecular complexity index is 906. The van der Waals surface area contributed by atoms with Gasteiger partial charge in [-0.1, -0.05) is 72.7 Å². The number of nitrogens with one attached hydrogen (secondary N) is 1. The first-order valence-electron chi connectivity index (χ1n) is 9.10. The first kappa shape index (κ1) is 18.5. The standard InChI is InChI=1S/C25H23NO/c1-19-15-20(2)17-21(16-19)13-14-25(27)26-18-24(22-9-5-3-6-10-22)23-11-7-4-8-12-23/h3-12,15-17,24H,18H2,1-2H3,(H,26,27). The zero-order valence-corrected chi connectivity index (χ0v) is 15.7. The molecule has 0 aliphatic heterocycles. The van der Waals surface area contributed by atoms with Gasteiger partial charge < -0.3 is 5.32 Å². The fraction of sp³-hybridized carbons (Fsp3) is 0.160. The summed E-state index contributed by atoms with van der Waals surface area (Å²) in [6, 6.07) is 26.5. The molecule has 0 fully saturated rings. The molecule has 0 spiro atoms. The highest BCUT2D eigenvalue weighted by molar-refractivity contribution is 5.94. The zero-order chi connectivity index (χ0) is 19.1. The summed E-state index contributed by atoms with van der Waals surface area (Å²) in [4.78, 5) is 12.3. The van der Waals surface area contributed by atoms with Crippen LogP contribution < -0.4 is 5.32 Å². The van der Waals surface area contributed by atoms with Crippen LogP contribution in [0.15, 0.2) is 78.9 Å². The van der Waals surface area contributed by atoms with Crippen molar-refractivity contribution in [2.24, 2.45) is 0 Å². The highest BCUT2D eigenvalue weighted by Gasteiger charge is 2.14. The lowest BCUT2D eigenvalue weighted by Crippen LogP contribution is -2.27. The fourth-order valence-corrected chi connectivity index (χ4v) is 3.21. The van der Waals surface area contributed by atoms with Crippen LogP contribution in [0.25, 0.3) is 0 Å². The quantitative estimate of drug-likeness (QED) is 0.682. The van der Waals surface area contributed by atoms with E-state index < -0.39 is 0 Å². The maximum atomic E-state index is 12.3. The minimum Gasteiger partial charge on any atom is -0.344 e. The van der Waals surface area contributed by atoms with E-state index in [1.807, 2.05) is 62.4 Å². The summed E-state index contributed by atoms with van der Waals surface area (Å²) in [5.41, 5.74) is 5.50. The van der Waals surface area contributed by atoms with Gasteiger partial charge >= 0.3 is 0 Å². The van der Waals surface area contributed by atoms with E-state index in [1.54, 1.807) is 0 Å². The molecule has 0 aliphatic rings. The first-order chi connectivity index (χ1) is 13.1. The summed E-state index contributed by atoms with van der Waals surface area (Å²) in [6.07, 6.45) is 0. The molecule has 0 saturated heterocycles. The molecule has 0 radical (unpaired) electrons. The van der Waals surface area contributed by atoms with Crippen molar-refractivity contribution >= 4 is 5.91 Å². The number of carbonyl (C=O) groups is 1. The molecule has 0 unspecified atom stereocenters. The molecule has 0 atom stereocenters. The second-order valence-corrected chi connectivity index (χ2v) is 6.71. The van der Waals surface area contributed by atoms with Crippen LogP contribution in [0.4, 0.5) is 0 Å². The van der Waals surface area contributed by atoms with Gasteiger partial charge in [-0.3, -0.25) is 4.79 Å². The molecule has 1 N–H and O–H groups in total. The number of amides is 1. The first-order valence-corrected chi connectivity index (χ1v) is 9.10. The number of benzene rings is 3. The second kappa shape index (κ2) is 8.87. The van der Waals surface area contributed by atoms with E-state index >= 15 is 0 Å². The van der Waals surface area contributed by atoms with Crippen LogP contribution in [0.1, 0.15) is 33.7 Å². The Labute approximate surface area is 161 Å². The van der Waals surface area contributed by atoms with Crippen LogP contribution in [-0.4, -0.2) is 12.5 Å². The number of hydrogen-bond donors (Lipinski definition) is 1. The summed E-state index contributed by atoms with van der Waals surface area (Å²) in [5, 5.41) is 2.97. The molecule has 27 heavy (non-hydrogen) atoms. The number of rotatable bonds is 4. The van der Waals surface area contributed by atoms with Gasteiger partial charge in [-0.25, -0.2) is 0 Å². The lowest BCUT2D eigenvalue weighted by Gasteiger charge is -2.18. The van der Waals surface area contributed by atoms with Gasteiger partial charge in [0.1, 0.15) is 0 Å². The normalized spacial score (nSPS) is 10.2. The molecule has 0 aromatic heterocycles. The summed E-state index contributed by atoms with van der Waals surface area (Å²) < 4.78 is 0. The molecule has 3 aromatic rings. The van der Waals surface area contributed by atoms with Gasteiger partial charge in [0.05, 0.1) is 0 Å². The molecule has 0 saturated carbocycles. The van der Waals surface area contributed by atoms with E-state index in [1.165, 1.54) is 11.1 Å². The second-order valence-electron chi connectivity index (χ2n) is 6.71. The van der Waals surface area contributed by atoms with E-state index in [0.717, 1.165) is 16.7 Å². The number of carbonyl (C=O) groups excluding carboxylic acids is 1. The van der Waals surface area contributed by atoms with Gasteiger partial charge in [-0.15, -0.1) is 0 Å². The van der Waals surface area contributed by atoms with Crippen molar-refractivity contribution in [1.29, 1.82) is 0 Å². The maximum Gasteiger partial charge on any atom is 0.296 e. The summed E-state index contributed by atoms with van der Waals surface area (Å²) >= 11 is 0. The zero-order valence-electron chi connectivity index (χ0n) is 15.7. The van der Waals surface area contributed by atoms with Crippen LogP contribution in [0.2, 0.25) is 0 Å². The Balaban J connectivity index is 1.72. The van der Waals surface area contributed by atoms with Crippen molar-refractivity contribution in [3.05, 3.63) is 107 Å². The molecule has 0 bridgehead atoms. The van der Waals surface area contributed by atoms with Gasteiger partial charge in [-0.2, -0.15) is 0 Å². The van der Waals surface area contributed by atoms with Gasteiger partial charge in [0.15, 0.2) is 0 Å². The van der Waals surface area contributed by atoms with Crippen molar-refractivity contribution in [1.82, 2.24) is 5.32 Å². The summed E-state index contributed by atoms with van der Waals surface area (Å²) in [5.74, 6) is 5.52. The Morgan fingerprint density at radius 2 is 1.37 bits per heavy atom. The highest BCUT2D eigenvalue weighted by atomic mass is 16.1. The summed E-state index contributed by atoms with van der Waals surface area (Å²) in [6.45, 7) is 4.57. The Hall–Kier alpha value is -3.31. The van der Waals surface area contributed by atoms with Crippen LogP contribution in [0.3, 0.4) is 0 Å². The Morgan fingerprint density at radius 3 is 1.89 bits per heavy atom. The van der Waals surface area contributed by atoms with Crippen molar-refractivity contribution in [3.63, 3.8) is 0 Å².